The maximum atomic E-state index is 12.9. The van der Waals surface area contributed by atoms with Crippen LogP contribution in [-0.2, 0) is 18.4 Å². The van der Waals surface area contributed by atoms with E-state index in [1.54, 1.807) is 0 Å². The molecule has 3 unspecified atom stereocenters. The Morgan fingerprint density at radius 2 is 1.00 bits per heavy atom. The van der Waals surface area contributed by atoms with Crippen molar-refractivity contribution in [3.63, 3.8) is 0 Å². The molecule has 3 N–H and O–H groups in total. The Labute approximate surface area is 371 Å². The number of quaternary nitrogens is 1. The number of amides is 1. The number of carbonyl (C=O) groups is 1. The van der Waals surface area contributed by atoms with Crippen molar-refractivity contribution in [2.45, 2.75) is 231 Å². The number of hydrogen-bond donors (Lipinski definition) is 3. The molecule has 352 valence electrons. The summed E-state index contributed by atoms with van der Waals surface area (Å²) in [5.41, 5.74) is 0. The van der Waals surface area contributed by atoms with Crippen LogP contribution in [0.4, 0.5) is 0 Å². The second kappa shape index (κ2) is 42.7. The number of aliphatic hydroxyl groups excluding tert-OH is 1. The van der Waals surface area contributed by atoms with Gasteiger partial charge in [-0.05, 0) is 51.4 Å². The SMILES string of the molecule is CC/C=C\C/C=C\C/C=C\C/C=C\CCCCCCCCCCCCC(=O)NC(COP(=O)(O)OCC[N+](C)(C)C)C(O)CCCCCCCCCCCCCCCCC. The molecule has 0 heterocycles. The molecular weight excluding hydrogens is 768 g/mol. The van der Waals surface area contributed by atoms with Crippen molar-refractivity contribution in [3.8, 4) is 0 Å². The summed E-state index contributed by atoms with van der Waals surface area (Å²) in [5.74, 6) is -0.150. The molecule has 60 heavy (non-hydrogen) atoms. The molecule has 0 aromatic carbocycles. The zero-order valence-corrected chi connectivity index (χ0v) is 40.8. The van der Waals surface area contributed by atoms with Gasteiger partial charge in [0.25, 0.3) is 0 Å². The van der Waals surface area contributed by atoms with Crippen LogP contribution < -0.4 is 5.32 Å². The topological polar surface area (TPSA) is 105 Å². The second-order valence-electron chi connectivity index (χ2n) is 18.2. The minimum atomic E-state index is -4.32. The largest absolute Gasteiger partial charge is 0.472 e. The zero-order valence-electron chi connectivity index (χ0n) is 39.9. The van der Waals surface area contributed by atoms with E-state index < -0.39 is 20.0 Å². The summed E-state index contributed by atoms with van der Waals surface area (Å²) in [6.45, 7) is 4.78. The molecule has 0 aliphatic rings. The Bertz CT molecular complexity index is 1120. The van der Waals surface area contributed by atoms with E-state index in [2.05, 4.69) is 67.8 Å². The molecule has 1 amide bonds. The maximum Gasteiger partial charge on any atom is 0.472 e. The number of unbranched alkanes of at least 4 members (excludes halogenated alkanes) is 24. The number of hydrogen-bond acceptors (Lipinski definition) is 5. The lowest BCUT2D eigenvalue weighted by atomic mass is 10.0. The van der Waals surface area contributed by atoms with E-state index in [4.69, 9.17) is 9.05 Å². The first-order valence-corrected chi connectivity index (χ1v) is 26.5. The molecule has 0 rings (SSSR count). The van der Waals surface area contributed by atoms with Crippen molar-refractivity contribution in [3.05, 3.63) is 48.6 Å². The zero-order chi connectivity index (χ0) is 44.3. The smallest absolute Gasteiger partial charge is 0.391 e. The molecule has 9 heteroatoms. The van der Waals surface area contributed by atoms with Crippen molar-refractivity contribution in [2.75, 3.05) is 40.9 Å². The van der Waals surface area contributed by atoms with Gasteiger partial charge in [-0.15, -0.1) is 0 Å². The number of carbonyl (C=O) groups excluding carboxylic acids is 1. The van der Waals surface area contributed by atoms with E-state index in [9.17, 15) is 19.4 Å². The summed E-state index contributed by atoms with van der Waals surface area (Å²) in [4.78, 5) is 23.2. The van der Waals surface area contributed by atoms with Crippen LogP contribution in [0.1, 0.15) is 219 Å². The van der Waals surface area contributed by atoms with Gasteiger partial charge in [0.1, 0.15) is 13.2 Å². The normalized spacial score (nSPS) is 14.6. The third kappa shape index (κ3) is 44.5. The molecule has 0 bridgehead atoms. The Balaban J connectivity index is 4.25. The summed E-state index contributed by atoms with van der Waals surface area (Å²) < 4.78 is 23.7. The predicted octanol–water partition coefficient (Wildman–Crippen LogP) is 14.4. The Kier molecular flexibility index (Phi) is 41.6. The van der Waals surface area contributed by atoms with Gasteiger partial charge in [-0.1, -0.05) is 210 Å². The summed E-state index contributed by atoms with van der Waals surface area (Å²) >= 11 is 0. The number of aliphatic hydroxyl groups is 1. The quantitative estimate of drug-likeness (QED) is 0.0244. The lowest BCUT2D eigenvalue weighted by molar-refractivity contribution is -0.870. The second-order valence-corrected chi connectivity index (χ2v) is 19.6. The number of nitrogens with one attached hydrogen (secondary N) is 1. The van der Waals surface area contributed by atoms with Crippen LogP contribution in [0.5, 0.6) is 0 Å². The molecule has 0 aliphatic carbocycles. The number of phosphoric acid groups is 1. The molecule has 0 spiro atoms. The molecule has 8 nitrogen and oxygen atoms in total. The average molecular weight is 866 g/mol. The van der Waals surface area contributed by atoms with Crippen LogP contribution in [0.15, 0.2) is 48.6 Å². The third-order valence-electron chi connectivity index (χ3n) is 11.1. The van der Waals surface area contributed by atoms with Gasteiger partial charge in [-0.2, -0.15) is 0 Å². The van der Waals surface area contributed by atoms with Gasteiger partial charge in [-0.25, -0.2) is 4.57 Å². The molecule has 0 aliphatic heterocycles. The highest BCUT2D eigenvalue weighted by Gasteiger charge is 2.28. The third-order valence-corrected chi connectivity index (χ3v) is 12.1. The molecule has 0 fully saturated rings. The van der Waals surface area contributed by atoms with Gasteiger partial charge >= 0.3 is 7.82 Å². The molecular formula is C51H98N2O6P+. The highest BCUT2D eigenvalue weighted by molar-refractivity contribution is 7.47. The van der Waals surface area contributed by atoms with Gasteiger partial charge in [-0.3, -0.25) is 13.8 Å². The first-order chi connectivity index (χ1) is 29.0. The Hall–Kier alpha value is -1.54. The Morgan fingerprint density at radius 3 is 1.47 bits per heavy atom. The van der Waals surface area contributed by atoms with E-state index in [0.29, 0.717) is 23.9 Å². The summed E-state index contributed by atoms with van der Waals surface area (Å²) in [6, 6.07) is -0.763. The molecule has 0 saturated heterocycles. The Morgan fingerprint density at radius 1 is 0.583 bits per heavy atom. The van der Waals surface area contributed by atoms with Crippen LogP contribution in [-0.4, -0.2) is 73.4 Å². The molecule has 3 atom stereocenters. The van der Waals surface area contributed by atoms with Crippen LogP contribution in [0.25, 0.3) is 0 Å². The minimum absolute atomic E-state index is 0.0727. The fourth-order valence-corrected chi connectivity index (χ4v) is 7.89. The average Bonchev–Trinajstić information content (AvgIpc) is 3.20. The van der Waals surface area contributed by atoms with E-state index in [1.807, 2.05) is 21.1 Å². The van der Waals surface area contributed by atoms with Crippen molar-refractivity contribution in [2.24, 2.45) is 0 Å². The summed E-state index contributed by atoms with van der Waals surface area (Å²) in [7, 11) is 1.61. The number of rotatable bonds is 45. The number of allylic oxidation sites excluding steroid dienone is 8. The van der Waals surface area contributed by atoms with Gasteiger partial charge in [0, 0.05) is 6.42 Å². The van der Waals surface area contributed by atoms with Crippen molar-refractivity contribution in [1.29, 1.82) is 0 Å². The highest BCUT2D eigenvalue weighted by atomic mass is 31.2. The predicted molar refractivity (Wildman–Crippen MR) is 258 cm³/mol. The molecule has 0 aromatic rings. The van der Waals surface area contributed by atoms with Gasteiger partial charge < -0.3 is 19.8 Å². The van der Waals surface area contributed by atoms with E-state index >= 15 is 0 Å². The number of likely N-dealkylation sites (N-methyl/N-ethyl adjacent to an activating group) is 1. The van der Waals surface area contributed by atoms with Crippen LogP contribution in [0.2, 0.25) is 0 Å². The van der Waals surface area contributed by atoms with Crippen molar-refractivity contribution < 1.29 is 32.9 Å². The molecule has 0 saturated carbocycles. The van der Waals surface area contributed by atoms with Gasteiger partial charge in [0.15, 0.2) is 0 Å². The van der Waals surface area contributed by atoms with Gasteiger partial charge in [0.05, 0.1) is 39.9 Å². The fourth-order valence-electron chi connectivity index (χ4n) is 7.16. The van der Waals surface area contributed by atoms with E-state index in [1.165, 1.54) is 128 Å². The lowest BCUT2D eigenvalue weighted by Crippen LogP contribution is -2.46. The molecule has 0 radical (unpaired) electrons. The van der Waals surface area contributed by atoms with E-state index in [0.717, 1.165) is 64.2 Å². The lowest BCUT2D eigenvalue weighted by Gasteiger charge is -2.26. The van der Waals surface area contributed by atoms with Gasteiger partial charge in [0.2, 0.25) is 5.91 Å². The van der Waals surface area contributed by atoms with Crippen molar-refractivity contribution >= 4 is 13.7 Å². The number of phosphoric ester groups is 1. The minimum Gasteiger partial charge on any atom is -0.391 e. The van der Waals surface area contributed by atoms with Crippen molar-refractivity contribution in [1.82, 2.24) is 5.32 Å². The summed E-state index contributed by atoms with van der Waals surface area (Å²) in [5, 5.41) is 14.0. The standard InChI is InChI=1S/C51H97N2O6P/c1-6-8-10-12-14-16-18-20-22-23-24-25-26-27-28-29-31-33-35-37-39-41-43-45-51(55)52-49(48-59-60(56,57)58-47-46-53(3,4)5)50(54)44-42-40-38-36-34-32-30-21-19-17-15-13-11-9-7-2/h8,10,14,16,20,22,24-25,49-50,54H,6-7,9,11-13,15,17-19,21,23,26-48H2,1-5H3,(H-,52,55,56,57)/p+1/b10-8-,16-14-,22-20-,25-24-. The summed E-state index contributed by atoms with van der Waals surface area (Å²) in [6.07, 6.45) is 54.2. The van der Waals surface area contributed by atoms with Crippen LogP contribution in [0.3, 0.4) is 0 Å². The first-order valence-electron chi connectivity index (χ1n) is 25.0. The maximum absolute atomic E-state index is 12.9. The van der Waals surface area contributed by atoms with Crippen LogP contribution in [0, 0.1) is 0 Å². The number of nitrogens with zero attached hydrogens (tertiary/aromatic N) is 1. The molecule has 0 aromatic heterocycles. The monoisotopic (exact) mass is 866 g/mol. The highest BCUT2D eigenvalue weighted by Crippen LogP contribution is 2.43. The van der Waals surface area contributed by atoms with Crippen LogP contribution >= 0.6 is 7.82 Å². The fraction of sp³-hybridized carbons (Fsp3) is 0.824. The van der Waals surface area contributed by atoms with E-state index in [-0.39, 0.29) is 19.1 Å². The first kappa shape index (κ1) is 58.5.